The highest BCUT2D eigenvalue weighted by atomic mass is 19.1. The van der Waals surface area contributed by atoms with E-state index in [2.05, 4.69) is 5.32 Å². The third-order valence-corrected chi connectivity index (χ3v) is 4.24. The Morgan fingerprint density at radius 2 is 1.57 bits per heavy atom. The molecule has 0 aromatic carbocycles. The van der Waals surface area contributed by atoms with Crippen molar-refractivity contribution in [3.05, 3.63) is 0 Å². The van der Waals surface area contributed by atoms with Crippen LogP contribution in [0.15, 0.2) is 0 Å². The first-order valence-corrected chi connectivity index (χ1v) is 5.78. The Morgan fingerprint density at radius 3 is 2.07 bits per heavy atom. The Morgan fingerprint density at radius 1 is 1.00 bits per heavy atom. The van der Waals surface area contributed by atoms with Crippen LogP contribution in [-0.2, 0) is 0 Å². The Labute approximate surface area is 85.4 Å². The minimum atomic E-state index is -1.05. The molecule has 0 aromatic heterocycles. The number of alkyl halides is 1. The molecule has 0 amide bonds. The summed E-state index contributed by atoms with van der Waals surface area (Å²) in [4.78, 5) is 0. The summed E-state index contributed by atoms with van der Waals surface area (Å²) < 4.78 is 13.9. The highest BCUT2D eigenvalue weighted by Gasteiger charge is 2.42. The van der Waals surface area contributed by atoms with Crippen LogP contribution in [0.2, 0.25) is 0 Å². The second kappa shape index (κ2) is 3.78. The zero-order valence-corrected chi connectivity index (χ0v) is 8.82. The summed E-state index contributed by atoms with van der Waals surface area (Å²) >= 11 is 0. The molecular formula is C11H21FN2. The Kier molecular flexibility index (Phi) is 2.80. The highest BCUT2D eigenvalue weighted by Crippen LogP contribution is 2.47. The van der Waals surface area contributed by atoms with E-state index in [1.807, 2.05) is 0 Å². The van der Waals surface area contributed by atoms with Crippen LogP contribution in [0, 0.1) is 5.41 Å². The predicted molar refractivity (Wildman–Crippen MR) is 55.9 cm³/mol. The van der Waals surface area contributed by atoms with Gasteiger partial charge in [-0.25, -0.2) is 4.39 Å². The number of hydrogen-bond donors (Lipinski definition) is 2. The molecule has 0 radical (unpaired) electrons. The Hall–Kier alpha value is -0.150. The summed E-state index contributed by atoms with van der Waals surface area (Å²) in [6.07, 6.45) is 5.92. The molecule has 0 bridgehead atoms. The van der Waals surface area contributed by atoms with Gasteiger partial charge in [0.05, 0.1) is 0 Å². The van der Waals surface area contributed by atoms with E-state index >= 15 is 0 Å². The normalized spacial score (nSPS) is 30.4. The quantitative estimate of drug-likeness (QED) is 0.674. The molecule has 3 heteroatoms. The maximum absolute atomic E-state index is 13.9. The molecule has 3 N–H and O–H groups in total. The van der Waals surface area contributed by atoms with E-state index in [1.165, 1.54) is 12.8 Å². The number of halogens is 1. The smallest absolute Gasteiger partial charge is 0.123 e. The number of nitrogens with two attached hydrogens (primary N) is 1. The second-order valence-corrected chi connectivity index (χ2v) is 5.11. The lowest BCUT2D eigenvalue weighted by atomic mass is 9.65. The first-order chi connectivity index (χ1) is 6.68. The maximum Gasteiger partial charge on any atom is 0.123 e. The number of rotatable bonds is 1. The van der Waals surface area contributed by atoms with E-state index < -0.39 is 5.67 Å². The minimum Gasteiger partial charge on any atom is -0.328 e. The molecule has 82 valence electrons. The van der Waals surface area contributed by atoms with Crippen molar-refractivity contribution in [3.8, 4) is 0 Å². The van der Waals surface area contributed by atoms with Crippen molar-refractivity contribution < 1.29 is 4.39 Å². The summed E-state index contributed by atoms with van der Waals surface area (Å²) in [5.74, 6) is 0. The zero-order valence-electron chi connectivity index (χ0n) is 8.82. The van der Waals surface area contributed by atoms with Gasteiger partial charge in [0.25, 0.3) is 0 Å². The molecular weight excluding hydrogens is 179 g/mol. The molecule has 0 aromatic rings. The predicted octanol–water partition coefficient (Wildman–Crippen LogP) is 1.60. The third-order valence-electron chi connectivity index (χ3n) is 4.24. The first kappa shape index (κ1) is 10.4. The van der Waals surface area contributed by atoms with Gasteiger partial charge < -0.3 is 11.1 Å². The summed E-state index contributed by atoms with van der Waals surface area (Å²) in [5, 5.41) is 3.37. The molecule has 1 saturated heterocycles. The molecule has 2 fully saturated rings. The molecule has 1 aliphatic heterocycles. The van der Waals surface area contributed by atoms with Crippen LogP contribution in [0.1, 0.15) is 38.5 Å². The molecule has 0 atom stereocenters. The average molecular weight is 200 g/mol. The molecule has 1 spiro atoms. The van der Waals surface area contributed by atoms with Crippen molar-refractivity contribution in [2.75, 3.05) is 19.6 Å². The van der Waals surface area contributed by atoms with Crippen LogP contribution in [-0.4, -0.2) is 25.3 Å². The van der Waals surface area contributed by atoms with Gasteiger partial charge in [-0.1, -0.05) is 0 Å². The molecule has 14 heavy (non-hydrogen) atoms. The van der Waals surface area contributed by atoms with Gasteiger partial charge >= 0.3 is 0 Å². The van der Waals surface area contributed by atoms with Crippen molar-refractivity contribution in [1.29, 1.82) is 0 Å². The summed E-state index contributed by atoms with van der Waals surface area (Å²) in [6, 6.07) is 0. The van der Waals surface area contributed by atoms with E-state index in [-0.39, 0.29) is 6.54 Å². The van der Waals surface area contributed by atoms with Gasteiger partial charge in [-0.15, -0.1) is 0 Å². The van der Waals surface area contributed by atoms with Gasteiger partial charge in [0.1, 0.15) is 5.67 Å². The van der Waals surface area contributed by atoms with E-state index in [0.717, 1.165) is 25.9 Å². The molecule has 0 unspecified atom stereocenters. The standard InChI is InChI=1S/C11H21FN2/c12-11(9-13)3-1-10(2-4-11)5-7-14-8-6-10/h14H,1-9,13H2. The fourth-order valence-electron chi connectivity index (χ4n) is 2.89. The molecule has 1 heterocycles. The third kappa shape index (κ3) is 1.94. The van der Waals surface area contributed by atoms with E-state index in [4.69, 9.17) is 5.73 Å². The van der Waals surface area contributed by atoms with Crippen LogP contribution >= 0.6 is 0 Å². The lowest BCUT2D eigenvalue weighted by Gasteiger charge is -2.45. The molecule has 2 rings (SSSR count). The van der Waals surface area contributed by atoms with Gasteiger partial charge in [0.2, 0.25) is 0 Å². The van der Waals surface area contributed by atoms with Gasteiger partial charge in [0, 0.05) is 6.54 Å². The summed E-state index contributed by atoms with van der Waals surface area (Å²) in [5.41, 5.74) is 4.88. The second-order valence-electron chi connectivity index (χ2n) is 5.11. The van der Waals surface area contributed by atoms with E-state index in [9.17, 15) is 4.39 Å². The van der Waals surface area contributed by atoms with Gasteiger partial charge in [-0.3, -0.25) is 0 Å². The largest absolute Gasteiger partial charge is 0.328 e. The van der Waals surface area contributed by atoms with Crippen molar-refractivity contribution in [2.45, 2.75) is 44.2 Å². The van der Waals surface area contributed by atoms with Crippen LogP contribution < -0.4 is 11.1 Å². The van der Waals surface area contributed by atoms with Crippen LogP contribution in [0.5, 0.6) is 0 Å². The topological polar surface area (TPSA) is 38.0 Å². The minimum absolute atomic E-state index is 0.210. The number of hydrogen-bond acceptors (Lipinski definition) is 2. The monoisotopic (exact) mass is 200 g/mol. The average Bonchev–Trinajstić information content (AvgIpc) is 2.25. The van der Waals surface area contributed by atoms with Crippen LogP contribution in [0.25, 0.3) is 0 Å². The summed E-state index contributed by atoms with van der Waals surface area (Å²) in [6.45, 7) is 2.44. The van der Waals surface area contributed by atoms with E-state index in [0.29, 0.717) is 18.3 Å². The van der Waals surface area contributed by atoms with Crippen LogP contribution in [0.4, 0.5) is 4.39 Å². The Bertz CT molecular complexity index is 189. The molecule has 1 aliphatic carbocycles. The fourth-order valence-corrected chi connectivity index (χ4v) is 2.89. The molecule has 2 aliphatic rings. The highest BCUT2D eigenvalue weighted by molar-refractivity contribution is 4.95. The lowest BCUT2D eigenvalue weighted by Crippen LogP contribution is -2.45. The van der Waals surface area contributed by atoms with Crippen molar-refractivity contribution >= 4 is 0 Å². The van der Waals surface area contributed by atoms with Crippen molar-refractivity contribution in [3.63, 3.8) is 0 Å². The lowest BCUT2D eigenvalue weighted by molar-refractivity contribution is 0.0272. The molecule has 1 saturated carbocycles. The van der Waals surface area contributed by atoms with Gasteiger partial charge in [0.15, 0.2) is 0 Å². The Balaban J connectivity index is 1.93. The van der Waals surface area contributed by atoms with E-state index in [1.54, 1.807) is 0 Å². The number of piperidine rings is 1. The number of nitrogens with one attached hydrogen (secondary N) is 1. The fraction of sp³-hybridized carbons (Fsp3) is 1.00. The van der Waals surface area contributed by atoms with Crippen LogP contribution in [0.3, 0.4) is 0 Å². The van der Waals surface area contributed by atoms with Crippen molar-refractivity contribution in [1.82, 2.24) is 5.32 Å². The zero-order chi connectivity index (χ0) is 10.1. The van der Waals surface area contributed by atoms with Gasteiger partial charge in [-0.2, -0.15) is 0 Å². The maximum atomic E-state index is 13.9. The SMILES string of the molecule is NCC1(F)CCC2(CCNCC2)CC1. The van der Waals surface area contributed by atoms with Crippen molar-refractivity contribution in [2.24, 2.45) is 11.1 Å². The summed E-state index contributed by atoms with van der Waals surface area (Å²) in [7, 11) is 0. The first-order valence-electron chi connectivity index (χ1n) is 5.78. The van der Waals surface area contributed by atoms with Gasteiger partial charge in [-0.05, 0) is 57.0 Å². The molecule has 2 nitrogen and oxygen atoms in total.